The predicted molar refractivity (Wildman–Crippen MR) is 83.3 cm³/mol. The third-order valence-electron chi connectivity index (χ3n) is 3.89. The van der Waals surface area contributed by atoms with E-state index in [4.69, 9.17) is 5.84 Å². The zero-order chi connectivity index (χ0) is 13.9. The van der Waals surface area contributed by atoms with Crippen molar-refractivity contribution in [3.63, 3.8) is 0 Å². The molecule has 1 heterocycles. The number of nitrogens with one attached hydrogen (secondary N) is 1. The van der Waals surface area contributed by atoms with E-state index in [2.05, 4.69) is 34.4 Å². The van der Waals surface area contributed by atoms with E-state index in [0.717, 1.165) is 30.5 Å². The Hall–Kier alpha value is -1.65. The van der Waals surface area contributed by atoms with Gasteiger partial charge in [0.1, 0.15) is 5.82 Å². The molecule has 0 spiro atoms. The van der Waals surface area contributed by atoms with Crippen LogP contribution in [0.1, 0.15) is 31.7 Å². The van der Waals surface area contributed by atoms with E-state index in [-0.39, 0.29) is 0 Å². The number of para-hydroxylation sites is 1. The summed E-state index contributed by atoms with van der Waals surface area (Å²) < 4.78 is 0. The van der Waals surface area contributed by atoms with Gasteiger partial charge in [0.2, 0.25) is 0 Å². The smallest absolute Gasteiger partial charge is 0.145 e. The van der Waals surface area contributed by atoms with E-state index in [0.29, 0.717) is 0 Å². The molecule has 0 atom stereocenters. The predicted octanol–water partition coefficient (Wildman–Crippen LogP) is 2.89. The molecule has 3 N–H and O–H groups in total. The number of benzene rings is 1. The summed E-state index contributed by atoms with van der Waals surface area (Å²) in [5, 5.41) is 1.17. The minimum atomic E-state index is 0.757. The van der Waals surface area contributed by atoms with E-state index >= 15 is 0 Å². The fourth-order valence-electron chi connectivity index (χ4n) is 2.74. The van der Waals surface area contributed by atoms with Gasteiger partial charge in [0.05, 0.1) is 5.52 Å². The Morgan fingerprint density at radius 2 is 2.15 bits per heavy atom. The van der Waals surface area contributed by atoms with E-state index in [9.17, 15) is 0 Å². The third-order valence-corrected chi connectivity index (χ3v) is 3.89. The molecule has 1 fully saturated rings. The van der Waals surface area contributed by atoms with Crippen molar-refractivity contribution in [3.8, 4) is 0 Å². The van der Waals surface area contributed by atoms with E-state index in [1.807, 2.05) is 18.2 Å². The van der Waals surface area contributed by atoms with Crippen LogP contribution in [0.25, 0.3) is 10.9 Å². The first-order valence-electron chi connectivity index (χ1n) is 7.41. The molecule has 0 saturated heterocycles. The molecule has 1 saturated carbocycles. The molecule has 0 aliphatic heterocycles. The van der Waals surface area contributed by atoms with Gasteiger partial charge in [-0.1, -0.05) is 25.1 Å². The highest BCUT2D eigenvalue weighted by atomic mass is 15.3. The molecule has 0 bridgehead atoms. The number of rotatable bonds is 6. The normalized spacial score (nSPS) is 14.9. The van der Waals surface area contributed by atoms with Crippen LogP contribution in [-0.2, 0) is 6.54 Å². The molecule has 20 heavy (non-hydrogen) atoms. The number of nitrogens with zero attached hydrogens (tertiary/aromatic N) is 2. The van der Waals surface area contributed by atoms with E-state index < -0.39 is 0 Å². The maximum atomic E-state index is 5.65. The van der Waals surface area contributed by atoms with Crippen LogP contribution in [0.4, 0.5) is 5.82 Å². The van der Waals surface area contributed by atoms with Gasteiger partial charge in [-0.2, -0.15) is 0 Å². The van der Waals surface area contributed by atoms with Gasteiger partial charge in [-0.25, -0.2) is 10.8 Å². The second-order valence-electron chi connectivity index (χ2n) is 5.53. The fraction of sp³-hybridized carbons (Fsp3) is 0.438. The topological polar surface area (TPSA) is 54.2 Å². The lowest BCUT2D eigenvalue weighted by Gasteiger charge is -2.22. The maximum Gasteiger partial charge on any atom is 0.145 e. The second kappa shape index (κ2) is 5.77. The lowest BCUT2D eigenvalue weighted by atomic mass is 10.1. The molecule has 0 unspecified atom stereocenters. The number of hydrazine groups is 1. The molecule has 1 aliphatic rings. The Morgan fingerprint density at radius 1 is 1.35 bits per heavy atom. The quantitative estimate of drug-likeness (QED) is 0.626. The zero-order valence-corrected chi connectivity index (χ0v) is 12.0. The lowest BCUT2D eigenvalue weighted by molar-refractivity contribution is 0.255. The Labute approximate surface area is 120 Å². The summed E-state index contributed by atoms with van der Waals surface area (Å²) in [5.41, 5.74) is 4.93. The fourth-order valence-corrected chi connectivity index (χ4v) is 2.74. The monoisotopic (exact) mass is 270 g/mol. The molecule has 3 rings (SSSR count). The second-order valence-corrected chi connectivity index (χ2v) is 5.53. The van der Waals surface area contributed by atoms with Crippen molar-refractivity contribution in [2.75, 3.05) is 12.0 Å². The van der Waals surface area contributed by atoms with Crippen LogP contribution in [0.5, 0.6) is 0 Å². The first-order chi connectivity index (χ1) is 9.81. The van der Waals surface area contributed by atoms with Crippen LogP contribution in [0.2, 0.25) is 0 Å². The van der Waals surface area contributed by atoms with Gasteiger partial charge in [-0.15, -0.1) is 0 Å². The number of nitrogen functional groups attached to an aromatic ring is 1. The number of pyridine rings is 1. The highest BCUT2D eigenvalue weighted by Crippen LogP contribution is 2.30. The zero-order valence-electron chi connectivity index (χ0n) is 12.0. The van der Waals surface area contributed by atoms with Crippen LogP contribution >= 0.6 is 0 Å². The maximum absolute atomic E-state index is 5.65. The first kappa shape index (κ1) is 13.3. The van der Waals surface area contributed by atoms with Crippen molar-refractivity contribution in [1.82, 2.24) is 9.88 Å². The average Bonchev–Trinajstić information content (AvgIpc) is 3.30. The van der Waals surface area contributed by atoms with Crippen molar-refractivity contribution in [2.45, 2.75) is 38.8 Å². The van der Waals surface area contributed by atoms with Gasteiger partial charge < -0.3 is 5.43 Å². The van der Waals surface area contributed by atoms with Gasteiger partial charge >= 0.3 is 0 Å². The molecule has 1 aromatic carbocycles. The molecule has 106 valence electrons. The molecule has 2 aromatic rings. The Bertz CT molecular complexity index is 592. The molecule has 0 amide bonds. The molecular formula is C16H22N4. The van der Waals surface area contributed by atoms with Crippen LogP contribution in [0.15, 0.2) is 30.3 Å². The Balaban J connectivity index is 1.92. The van der Waals surface area contributed by atoms with Crippen molar-refractivity contribution < 1.29 is 0 Å². The lowest BCUT2D eigenvalue weighted by Crippen LogP contribution is -2.27. The van der Waals surface area contributed by atoms with Gasteiger partial charge in [-0.05, 0) is 37.9 Å². The van der Waals surface area contributed by atoms with Gasteiger partial charge in [0.15, 0.2) is 0 Å². The van der Waals surface area contributed by atoms with Crippen molar-refractivity contribution in [3.05, 3.63) is 35.9 Å². The number of aromatic nitrogens is 1. The first-order valence-corrected chi connectivity index (χ1v) is 7.41. The highest BCUT2D eigenvalue weighted by molar-refractivity contribution is 5.81. The summed E-state index contributed by atoms with van der Waals surface area (Å²) in [7, 11) is 0. The minimum Gasteiger partial charge on any atom is -0.308 e. The average molecular weight is 270 g/mol. The number of anilines is 1. The van der Waals surface area contributed by atoms with Crippen LogP contribution < -0.4 is 11.3 Å². The van der Waals surface area contributed by atoms with Crippen molar-refractivity contribution in [2.24, 2.45) is 5.84 Å². The van der Waals surface area contributed by atoms with Crippen LogP contribution in [0.3, 0.4) is 0 Å². The van der Waals surface area contributed by atoms with Crippen LogP contribution in [-0.4, -0.2) is 22.5 Å². The Kier molecular flexibility index (Phi) is 3.85. The summed E-state index contributed by atoms with van der Waals surface area (Å²) in [6.45, 7) is 4.30. The SMILES string of the molecule is CCCN(Cc1cc2ccccc2nc1NN)C1CC1. The summed E-state index contributed by atoms with van der Waals surface area (Å²) in [6.07, 6.45) is 3.84. The van der Waals surface area contributed by atoms with Crippen LogP contribution in [0, 0.1) is 0 Å². The molecular weight excluding hydrogens is 248 g/mol. The largest absolute Gasteiger partial charge is 0.308 e. The summed E-state index contributed by atoms with van der Waals surface area (Å²) in [6, 6.07) is 11.1. The van der Waals surface area contributed by atoms with E-state index in [1.165, 1.54) is 30.2 Å². The van der Waals surface area contributed by atoms with E-state index in [1.54, 1.807) is 0 Å². The van der Waals surface area contributed by atoms with Gasteiger partial charge in [0.25, 0.3) is 0 Å². The summed E-state index contributed by atoms with van der Waals surface area (Å²) in [5.74, 6) is 6.45. The number of fused-ring (bicyclic) bond motifs is 1. The van der Waals surface area contributed by atoms with Crippen molar-refractivity contribution in [1.29, 1.82) is 0 Å². The molecule has 1 aliphatic carbocycles. The minimum absolute atomic E-state index is 0.757. The molecule has 4 nitrogen and oxygen atoms in total. The molecule has 0 radical (unpaired) electrons. The van der Waals surface area contributed by atoms with Gasteiger partial charge in [0, 0.05) is 23.5 Å². The summed E-state index contributed by atoms with van der Waals surface area (Å²) >= 11 is 0. The number of hydrogen-bond acceptors (Lipinski definition) is 4. The third kappa shape index (κ3) is 2.76. The molecule has 4 heteroatoms. The standard InChI is InChI=1S/C16H22N4/c1-2-9-20(14-7-8-14)11-13-10-12-5-3-4-6-15(12)18-16(13)19-17/h3-6,10,14H,2,7-9,11,17H2,1H3,(H,18,19). The number of hydrogen-bond donors (Lipinski definition) is 2. The van der Waals surface area contributed by atoms with Gasteiger partial charge in [-0.3, -0.25) is 4.90 Å². The summed E-state index contributed by atoms with van der Waals surface area (Å²) in [4.78, 5) is 7.17. The van der Waals surface area contributed by atoms with Crippen molar-refractivity contribution >= 4 is 16.7 Å². The highest BCUT2D eigenvalue weighted by Gasteiger charge is 2.28. The molecule has 1 aromatic heterocycles. The number of nitrogens with two attached hydrogens (primary N) is 1. The Morgan fingerprint density at radius 3 is 2.85 bits per heavy atom.